The molecule has 2 aliphatic heterocycles. The first kappa shape index (κ1) is 21.1. The fourth-order valence-corrected chi connectivity index (χ4v) is 4.93. The topological polar surface area (TPSA) is 87.7 Å². The number of amides is 1. The van der Waals surface area contributed by atoms with E-state index in [2.05, 4.69) is 10.6 Å². The van der Waals surface area contributed by atoms with Crippen molar-refractivity contribution in [3.63, 3.8) is 0 Å². The number of nitrogens with zero attached hydrogens (tertiary/aromatic N) is 1. The van der Waals surface area contributed by atoms with Crippen LogP contribution in [0.4, 0.5) is 5.69 Å². The van der Waals surface area contributed by atoms with Gasteiger partial charge in [0.25, 0.3) is 0 Å². The SMILES string of the molecule is Cc1ccc(NC(=O)C2COCCN2)cc1S(=O)(=O)N1CCCCC1.Cl. The summed E-state index contributed by atoms with van der Waals surface area (Å²) in [4.78, 5) is 12.6. The molecule has 1 atom stereocenters. The Kier molecular flexibility index (Phi) is 7.42. The second-order valence-corrected chi connectivity index (χ2v) is 8.42. The standard InChI is InChI=1S/C17H25N3O4S.ClH/c1-13-5-6-14(19-17(21)15-12-24-10-7-18-15)11-16(13)25(22,23)20-8-3-2-4-9-20;/h5-6,11,15,18H,2-4,7-10,12H2,1H3,(H,19,21);1H. The highest BCUT2D eigenvalue weighted by atomic mass is 35.5. The van der Waals surface area contributed by atoms with Gasteiger partial charge in [-0.15, -0.1) is 12.4 Å². The average molecular weight is 404 g/mol. The summed E-state index contributed by atoms with van der Waals surface area (Å²) in [5, 5.41) is 5.87. The van der Waals surface area contributed by atoms with Crippen molar-refractivity contribution in [2.75, 3.05) is 38.2 Å². The molecule has 3 rings (SSSR count). The molecule has 26 heavy (non-hydrogen) atoms. The molecular formula is C17H26ClN3O4S. The predicted molar refractivity (Wildman–Crippen MR) is 102 cm³/mol. The van der Waals surface area contributed by atoms with Crippen LogP contribution in [0.3, 0.4) is 0 Å². The van der Waals surface area contributed by atoms with Gasteiger partial charge in [0.2, 0.25) is 15.9 Å². The Morgan fingerprint density at radius 2 is 2.00 bits per heavy atom. The maximum absolute atomic E-state index is 12.9. The van der Waals surface area contributed by atoms with E-state index in [1.54, 1.807) is 29.4 Å². The lowest BCUT2D eigenvalue weighted by Gasteiger charge is -2.27. The zero-order valence-electron chi connectivity index (χ0n) is 14.9. The van der Waals surface area contributed by atoms with Crippen LogP contribution in [0.15, 0.2) is 23.1 Å². The Morgan fingerprint density at radius 1 is 1.27 bits per heavy atom. The molecule has 0 aliphatic carbocycles. The Labute approximate surface area is 160 Å². The van der Waals surface area contributed by atoms with E-state index in [1.807, 2.05) is 0 Å². The minimum absolute atomic E-state index is 0. The summed E-state index contributed by atoms with van der Waals surface area (Å²) in [5.74, 6) is -0.218. The molecule has 9 heteroatoms. The van der Waals surface area contributed by atoms with Crippen molar-refractivity contribution in [2.24, 2.45) is 0 Å². The number of carbonyl (C=O) groups excluding carboxylic acids is 1. The summed E-state index contributed by atoms with van der Waals surface area (Å²) in [6, 6.07) is 4.60. The van der Waals surface area contributed by atoms with Gasteiger partial charge in [-0.1, -0.05) is 12.5 Å². The summed E-state index contributed by atoms with van der Waals surface area (Å²) in [7, 11) is -3.53. The summed E-state index contributed by atoms with van der Waals surface area (Å²) < 4.78 is 32.7. The van der Waals surface area contributed by atoms with Crippen LogP contribution < -0.4 is 10.6 Å². The highest BCUT2D eigenvalue weighted by Crippen LogP contribution is 2.26. The highest BCUT2D eigenvalue weighted by Gasteiger charge is 2.28. The van der Waals surface area contributed by atoms with Crippen LogP contribution in [0.1, 0.15) is 24.8 Å². The van der Waals surface area contributed by atoms with Crippen molar-refractivity contribution in [1.29, 1.82) is 0 Å². The molecule has 7 nitrogen and oxygen atoms in total. The van der Waals surface area contributed by atoms with Gasteiger partial charge < -0.3 is 15.4 Å². The quantitative estimate of drug-likeness (QED) is 0.795. The van der Waals surface area contributed by atoms with Gasteiger partial charge >= 0.3 is 0 Å². The molecule has 1 aromatic rings. The van der Waals surface area contributed by atoms with Gasteiger partial charge in [0, 0.05) is 25.3 Å². The Morgan fingerprint density at radius 3 is 2.65 bits per heavy atom. The number of benzene rings is 1. The molecule has 1 aromatic carbocycles. The van der Waals surface area contributed by atoms with Crippen molar-refractivity contribution in [1.82, 2.24) is 9.62 Å². The molecule has 1 unspecified atom stereocenters. The molecule has 2 saturated heterocycles. The molecule has 146 valence electrons. The minimum Gasteiger partial charge on any atom is -0.378 e. The van der Waals surface area contributed by atoms with E-state index >= 15 is 0 Å². The summed E-state index contributed by atoms with van der Waals surface area (Å²) >= 11 is 0. The number of carbonyl (C=O) groups is 1. The lowest BCUT2D eigenvalue weighted by molar-refractivity contribution is -0.120. The summed E-state index contributed by atoms with van der Waals surface area (Å²) in [5.41, 5.74) is 1.17. The van der Waals surface area contributed by atoms with E-state index < -0.39 is 16.1 Å². The van der Waals surface area contributed by atoms with E-state index in [1.165, 1.54) is 0 Å². The Hall–Kier alpha value is -1.19. The van der Waals surface area contributed by atoms with Crippen LogP contribution in [0.25, 0.3) is 0 Å². The predicted octanol–water partition coefficient (Wildman–Crippen LogP) is 1.52. The van der Waals surface area contributed by atoms with Crippen LogP contribution in [0.5, 0.6) is 0 Å². The fourth-order valence-electron chi connectivity index (χ4n) is 3.16. The number of anilines is 1. The van der Waals surface area contributed by atoms with Crippen molar-refractivity contribution < 1.29 is 17.9 Å². The van der Waals surface area contributed by atoms with Gasteiger partial charge in [-0.05, 0) is 37.5 Å². The fraction of sp³-hybridized carbons (Fsp3) is 0.588. The maximum atomic E-state index is 12.9. The van der Waals surface area contributed by atoms with Crippen molar-refractivity contribution in [3.8, 4) is 0 Å². The molecule has 1 amide bonds. The van der Waals surface area contributed by atoms with Crippen molar-refractivity contribution in [3.05, 3.63) is 23.8 Å². The zero-order chi connectivity index (χ0) is 17.9. The molecule has 2 aliphatic rings. The molecule has 0 bridgehead atoms. The number of rotatable bonds is 4. The molecule has 2 heterocycles. The number of piperidine rings is 1. The van der Waals surface area contributed by atoms with Gasteiger partial charge in [-0.3, -0.25) is 4.79 Å². The number of aryl methyl sites for hydroxylation is 1. The minimum atomic E-state index is -3.53. The molecule has 0 saturated carbocycles. The van der Waals surface area contributed by atoms with Crippen LogP contribution in [-0.4, -0.2) is 57.5 Å². The zero-order valence-corrected chi connectivity index (χ0v) is 16.5. The second-order valence-electron chi connectivity index (χ2n) is 6.52. The van der Waals surface area contributed by atoms with Crippen LogP contribution in [-0.2, 0) is 19.6 Å². The monoisotopic (exact) mass is 403 g/mol. The van der Waals surface area contributed by atoms with Crippen LogP contribution in [0.2, 0.25) is 0 Å². The van der Waals surface area contributed by atoms with Crippen LogP contribution >= 0.6 is 12.4 Å². The third-order valence-electron chi connectivity index (χ3n) is 4.63. The van der Waals surface area contributed by atoms with Crippen molar-refractivity contribution >= 4 is 34.0 Å². The lowest BCUT2D eigenvalue weighted by atomic mass is 10.2. The Balaban J connectivity index is 0.00000243. The maximum Gasteiger partial charge on any atom is 0.243 e. The number of hydrogen-bond acceptors (Lipinski definition) is 5. The first-order valence-electron chi connectivity index (χ1n) is 8.71. The van der Waals surface area contributed by atoms with Crippen LogP contribution in [0, 0.1) is 6.92 Å². The largest absolute Gasteiger partial charge is 0.378 e. The molecule has 0 radical (unpaired) electrons. The van der Waals surface area contributed by atoms with Gasteiger partial charge in [0.1, 0.15) is 6.04 Å². The molecule has 0 spiro atoms. The van der Waals surface area contributed by atoms with Gasteiger partial charge in [0.15, 0.2) is 0 Å². The summed E-state index contributed by atoms with van der Waals surface area (Å²) in [6.07, 6.45) is 2.85. The van der Waals surface area contributed by atoms with E-state index in [9.17, 15) is 13.2 Å². The Bertz CT molecular complexity index is 730. The highest BCUT2D eigenvalue weighted by molar-refractivity contribution is 7.89. The third-order valence-corrected chi connectivity index (χ3v) is 6.67. The third kappa shape index (κ3) is 4.75. The number of ether oxygens (including phenoxy) is 1. The smallest absolute Gasteiger partial charge is 0.243 e. The van der Waals surface area contributed by atoms with Gasteiger partial charge in [-0.25, -0.2) is 8.42 Å². The summed E-state index contributed by atoms with van der Waals surface area (Å²) in [6.45, 7) is 4.42. The second kappa shape index (κ2) is 9.14. The number of nitrogens with one attached hydrogen (secondary N) is 2. The first-order chi connectivity index (χ1) is 12.0. The van der Waals surface area contributed by atoms with Gasteiger partial charge in [-0.2, -0.15) is 4.31 Å². The molecular weight excluding hydrogens is 378 g/mol. The molecule has 0 aromatic heterocycles. The molecule has 2 N–H and O–H groups in total. The normalized spacial score (nSPS) is 21.7. The first-order valence-corrected chi connectivity index (χ1v) is 10.2. The van der Waals surface area contributed by atoms with E-state index in [4.69, 9.17) is 4.74 Å². The van der Waals surface area contributed by atoms with E-state index in [0.717, 1.165) is 19.3 Å². The average Bonchev–Trinajstić information content (AvgIpc) is 2.64. The van der Waals surface area contributed by atoms with E-state index in [0.29, 0.717) is 44.1 Å². The number of hydrogen-bond donors (Lipinski definition) is 2. The number of morpholine rings is 1. The number of halogens is 1. The van der Waals surface area contributed by atoms with Crippen molar-refractivity contribution in [2.45, 2.75) is 37.1 Å². The number of sulfonamides is 1. The van der Waals surface area contributed by atoms with E-state index in [-0.39, 0.29) is 23.2 Å². The molecule has 2 fully saturated rings. The lowest BCUT2D eigenvalue weighted by Crippen LogP contribution is -2.48. The van der Waals surface area contributed by atoms with Gasteiger partial charge in [0.05, 0.1) is 18.1 Å².